The fraction of sp³-hybridized carbons (Fsp3) is 0.312. The zero-order chi connectivity index (χ0) is 17.6. The molecule has 7 heteroatoms. The van der Waals surface area contributed by atoms with Gasteiger partial charge in [-0.25, -0.2) is 0 Å². The summed E-state index contributed by atoms with van der Waals surface area (Å²) in [6, 6.07) is 6.94. The molecule has 0 saturated heterocycles. The maximum Gasteiger partial charge on any atom is 0.430 e. The highest BCUT2D eigenvalue weighted by Crippen LogP contribution is 2.25. The third kappa shape index (κ3) is 5.69. The molecule has 0 atom stereocenters. The third-order valence-electron chi connectivity index (χ3n) is 3.05. The van der Waals surface area contributed by atoms with Crippen LogP contribution in [-0.2, 0) is 4.84 Å². The average molecular weight is 327 g/mol. The molecular weight excluding hydrogens is 307 g/mol. The van der Waals surface area contributed by atoms with Crippen molar-refractivity contribution in [3.05, 3.63) is 52.9 Å². The Kier molecular flexibility index (Phi) is 6.24. The summed E-state index contributed by atoms with van der Waals surface area (Å²) < 4.78 is 37.9. The van der Waals surface area contributed by atoms with Crippen LogP contribution in [0.25, 0.3) is 5.70 Å². The number of halogens is 3. The molecule has 1 aromatic carbocycles. The van der Waals surface area contributed by atoms with Crippen LogP contribution < -0.4 is 11.5 Å². The molecule has 0 radical (unpaired) electrons. The summed E-state index contributed by atoms with van der Waals surface area (Å²) in [6.45, 7) is 5.42. The number of hydrogen-bond donors (Lipinski definition) is 2. The first kappa shape index (κ1) is 18.6. The Morgan fingerprint density at radius 2 is 1.78 bits per heavy atom. The number of allylic oxidation sites excluding steroid dienone is 2. The van der Waals surface area contributed by atoms with Crippen LogP contribution in [0.3, 0.4) is 0 Å². The summed E-state index contributed by atoms with van der Waals surface area (Å²) in [5.41, 5.74) is 11.8. The third-order valence-corrected chi connectivity index (χ3v) is 3.05. The van der Waals surface area contributed by atoms with Gasteiger partial charge in [-0.15, -0.1) is 0 Å². The van der Waals surface area contributed by atoms with Gasteiger partial charge >= 0.3 is 6.18 Å². The Morgan fingerprint density at radius 1 is 1.22 bits per heavy atom. The number of hydrogen-bond acceptors (Lipinski definition) is 4. The summed E-state index contributed by atoms with van der Waals surface area (Å²) in [4.78, 5) is 5.09. The largest absolute Gasteiger partial charge is 0.430 e. The lowest BCUT2D eigenvalue weighted by Crippen LogP contribution is -2.20. The molecule has 0 unspecified atom stereocenters. The molecule has 126 valence electrons. The van der Waals surface area contributed by atoms with Crippen LogP contribution in [0.2, 0.25) is 0 Å². The van der Waals surface area contributed by atoms with Crippen molar-refractivity contribution in [2.45, 2.75) is 33.4 Å². The van der Waals surface area contributed by atoms with Gasteiger partial charge in [0.2, 0.25) is 0 Å². The van der Waals surface area contributed by atoms with E-state index in [0.29, 0.717) is 23.8 Å². The van der Waals surface area contributed by atoms with Gasteiger partial charge in [0.15, 0.2) is 5.76 Å². The monoisotopic (exact) mass is 327 g/mol. The minimum absolute atomic E-state index is 0.0184. The van der Waals surface area contributed by atoms with Crippen LogP contribution in [0.5, 0.6) is 0 Å². The molecule has 23 heavy (non-hydrogen) atoms. The zero-order valence-corrected chi connectivity index (χ0v) is 13.2. The molecule has 0 aliphatic heterocycles. The van der Waals surface area contributed by atoms with Crippen molar-refractivity contribution in [1.82, 2.24) is 0 Å². The minimum atomic E-state index is -4.67. The van der Waals surface area contributed by atoms with Gasteiger partial charge < -0.3 is 16.3 Å². The second-order valence-corrected chi connectivity index (χ2v) is 5.01. The minimum Gasteiger partial charge on any atom is -0.395 e. The van der Waals surface area contributed by atoms with E-state index in [1.807, 2.05) is 13.8 Å². The molecule has 0 aliphatic carbocycles. The van der Waals surface area contributed by atoms with Gasteiger partial charge in [-0.3, -0.25) is 0 Å². The highest BCUT2D eigenvalue weighted by atomic mass is 19.4. The molecule has 1 aromatic rings. The molecule has 0 fully saturated rings. The van der Waals surface area contributed by atoms with Crippen molar-refractivity contribution in [2.75, 3.05) is 0 Å². The van der Waals surface area contributed by atoms with Gasteiger partial charge in [0, 0.05) is 11.6 Å². The number of alkyl halides is 3. The molecule has 0 aromatic heterocycles. The van der Waals surface area contributed by atoms with Gasteiger partial charge in [-0.2, -0.15) is 13.2 Å². The van der Waals surface area contributed by atoms with E-state index in [9.17, 15) is 13.2 Å². The lowest BCUT2D eigenvalue weighted by Gasteiger charge is -2.11. The second kappa shape index (κ2) is 7.71. The molecule has 0 aliphatic rings. The molecular formula is C16H20F3N3O. The first-order valence-electron chi connectivity index (χ1n) is 6.96. The molecule has 0 spiro atoms. The predicted molar refractivity (Wildman–Crippen MR) is 85.1 cm³/mol. The Morgan fingerprint density at radius 3 is 2.26 bits per heavy atom. The topological polar surface area (TPSA) is 73.6 Å². The first-order chi connectivity index (χ1) is 10.6. The average Bonchev–Trinajstić information content (AvgIpc) is 2.49. The summed E-state index contributed by atoms with van der Waals surface area (Å²) in [5.74, 6) is -0.253. The SMILES string of the molecule is CC/C(C)=N/OC(/C=C(\N)C(F)(F)F)=C(/N)c1ccc(C)cc1. The molecule has 1 rings (SSSR count). The molecule has 0 amide bonds. The molecule has 4 nitrogen and oxygen atoms in total. The highest BCUT2D eigenvalue weighted by molar-refractivity contribution is 5.81. The normalized spacial score (nSPS) is 14.5. The zero-order valence-electron chi connectivity index (χ0n) is 13.2. The van der Waals surface area contributed by atoms with Crippen LogP contribution in [0.15, 0.2) is 47.0 Å². The quantitative estimate of drug-likeness (QED) is 0.373. The van der Waals surface area contributed by atoms with Crippen LogP contribution in [0.4, 0.5) is 13.2 Å². The lowest BCUT2D eigenvalue weighted by molar-refractivity contribution is -0.0929. The van der Waals surface area contributed by atoms with E-state index in [1.54, 1.807) is 31.2 Å². The van der Waals surface area contributed by atoms with Crippen molar-refractivity contribution in [3.63, 3.8) is 0 Å². The van der Waals surface area contributed by atoms with E-state index in [-0.39, 0.29) is 11.5 Å². The van der Waals surface area contributed by atoms with Crippen LogP contribution in [-0.4, -0.2) is 11.9 Å². The maximum absolute atomic E-state index is 12.6. The number of rotatable bonds is 5. The lowest BCUT2D eigenvalue weighted by atomic mass is 10.1. The standard InChI is InChI=1S/C16H20F3N3O/c1-4-11(3)22-23-13(9-14(20)16(17,18)19)15(21)12-7-5-10(2)6-8-12/h5-9H,4,20-21H2,1-3H3/b14-9-,15-13+,22-11+. The van der Waals surface area contributed by atoms with Crippen molar-refractivity contribution in [2.24, 2.45) is 16.6 Å². The van der Waals surface area contributed by atoms with E-state index < -0.39 is 11.9 Å². The first-order valence-corrected chi connectivity index (χ1v) is 6.96. The maximum atomic E-state index is 12.6. The molecule has 0 bridgehead atoms. The van der Waals surface area contributed by atoms with Gasteiger partial charge in [0.1, 0.15) is 5.70 Å². The Labute approximate surface area is 133 Å². The Hall–Kier alpha value is -2.44. The second-order valence-electron chi connectivity index (χ2n) is 5.01. The van der Waals surface area contributed by atoms with Crippen LogP contribution >= 0.6 is 0 Å². The van der Waals surface area contributed by atoms with Crippen molar-refractivity contribution in [1.29, 1.82) is 0 Å². The number of aryl methyl sites for hydroxylation is 1. The summed E-state index contributed by atoms with van der Waals surface area (Å²) in [6.07, 6.45) is -3.44. The van der Waals surface area contributed by atoms with E-state index in [4.69, 9.17) is 16.3 Å². The smallest absolute Gasteiger partial charge is 0.395 e. The molecule has 0 heterocycles. The highest BCUT2D eigenvalue weighted by Gasteiger charge is 2.32. The fourth-order valence-corrected chi connectivity index (χ4v) is 1.44. The molecule has 0 saturated carbocycles. The van der Waals surface area contributed by atoms with E-state index in [1.165, 1.54) is 0 Å². The van der Waals surface area contributed by atoms with Crippen LogP contribution in [0.1, 0.15) is 31.4 Å². The van der Waals surface area contributed by atoms with Crippen LogP contribution in [0, 0.1) is 6.92 Å². The van der Waals surface area contributed by atoms with Gasteiger partial charge in [0.25, 0.3) is 0 Å². The Balaban J connectivity index is 3.32. The van der Waals surface area contributed by atoms with E-state index in [0.717, 1.165) is 5.56 Å². The number of nitrogens with two attached hydrogens (primary N) is 2. The van der Waals surface area contributed by atoms with Gasteiger partial charge in [0.05, 0.1) is 11.4 Å². The summed E-state index contributed by atoms with van der Waals surface area (Å²) in [7, 11) is 0. The van der Waals surface area contributed by atoms with E-state index in [2.05, 4.69) is 5.16 Å². The predicted octanol–water partition coefficient (Wildman–Crippen LogP) is 3.83. The summed E-state index contributed by atoms with van der Waals surface area (Å²) in [5, 5.41) is 3.75. The number of benzene rings is 1. The van der Waals surface area contributed by atoms with Crippen molar-refractivity contribution in [3.8, 4) is 0 Å². The molecule has 4 N–H and O–H groups in total. The Bertz CT molecular complexity index is 629. The number of nitrogens with zero attached hydrogens (tertiary/aromatic N) is 1. The van der Waals surface area contributed by atoms with Crippen molar-refractivity contribution >= 4 is 11.4 Å². The van der Waals surface area contributed by atoms with E-state index >= 15 is 0 Å². The van der Waals surface area contributed by atoms with Crippen molar-refractivity contribution < 1.29 is 18.0 Å². The van der Waals surface area contributed by atoms with Gasteiger partial charge in [-0.1, -0.05) is 41.9 Å². The summed E-state index contributed by atoms with van der Waals surface area (Å²) >= 11 is 0. The fourth-order valence-electron chi connectivity index (χ4n) is 1.44. The number of oxime groups is 1. The van der Waals surface area contributed by atoms with Gasteiger partial charge in [-0.05, 0) is 20.3 Å².